The van der Waals surface area contributed by atoms with Gasteiger partial charge in [0.1, 0.15) is 0 Å². The Bertz CT molecular complexity index is 1470. The van der Waals surface area contributed by atoms with Crippen molar-refractivity contribution in [3.05, 3.63) is 95.1 Å². The van der Waals surface area contributed by atoms with E-state index in [9.17, 15) is 0 Å². The van der Waals surface area contributed by atoms with E-state index in [1.165, 1.54) is 77.5 Å². The Morgan fingerprint density at radius 2 is 1.44 bits per heavy atom. The molecule has 1 aliphatic rings. The van der Waals surface area contributed by atoms with E-state index in [4.69, 9.17) is 0 Å². The summed E-state index contributed by atoms with van der Waals surface area (Å²) in [5, 5.41) is 2.87. The van der Waals surface area contributed by atoms with Crippen LogP contribution in [-0.2, 0) is 19.3 Å². The molecule has 6 rings (SSSR count). The maximum atomic E-state index is 2.46. The highest BCUT2D eigenvalue weighted by atomic mass is 32.1. The molecule has 1 aromatic heterocycles. The highest BCUT2D eigenvalue weighted by Gasteiger charge is 2.20. The minimum atomic E-state index is 1.06. The fourth-order valence-corrected chi connectivity index (χ4v) is 6.57. The lowest BCUT2D eigenvalue weighted by molar-refractivity contribution is 0.923. The molecule has 0 radical (unpaired) electrons. The summed E-state index contributed by atoms with van der Waals surface area (Å²) in [4.78, 5) is 0. The summed E-state index contributed by atoms with van der Waals surface area (Å²) in [7, 11) is 0. The number of hydrogen-bond donors (Lipinski definition) is 0. The van der Waals surface area contributed by atoms with E-state index in [2.05, 4.69) is 86.6 Å². The average molecular weight is 433 g/mol. The van der Waals surface area contributed by atoms with Crippen molar-refractivity contribution in [2.45, 2.75) is 46.0 Å². The molecule has 0 atom stereocenters. The van der Waals surface area contributed by atoms with Crippen molar-refractivity contribution >= 4 is 31.5 Å². The zero-order valence-electron chi connectivity index (χ0n) is 18.9. The van der Waals surface area contributed by atoms with Gasteiger partial charge >= 0.3 is 0 Å². The molecule has 0 unspecified atom stereocenters. The van der Waals surface area contributed by atoms with Crippen LogP contribution in [0.1, 0.15) is 48.9 Å². The van der Waals surface area contributed by atoms with Crippen molar-refractivity contribution in [1.29, 1.82) is 0 Å². The molecule has 0 saturated heterocycles. The Hall–Kier alpha value is -2.90. The van der Waals surface area contributed by atoms with Crippen LogP contribution in [0.2, 0.25) is 0 Å². The number of hydrogen-bond acceptors (Lipinski definition) is 1. The van der Waals surface area contributed by atoms with Gasteiger partial charge in [0.15, 0.2) is 0 Å². The molecule has 0 aliphatic heterocycles. The Labute approximate surface area is 194 Å². The molecule has 0 bridgehead atoms. The van der Waals surface area contributed by atoms with Crippen LogP contribution in [0.25, 0.3) is 42.4 Å². The summed E-state index contributed by atoms with van der Waals surface area (Å²) in [6, 6.07) is 28.0. The smallest absolute Gasteiger partial charge is 0.0434 e. The van der Waals surface area contributed by atoms with Crippen molar-refractivity contribution in [1.82, 2.24) is 0 Å². The molecule has 1 heterocycles. The van der Waals surface area contributed by atoms with E-state index in [1.807, 2.05) is 11.3 Å². The second-order valence-corrected chi connectivity index (χ2v) is 10.2. The average Bonchev–Trinajstić information content (AvgIpc) is 3.37. The van der Waals surface area contributed by atoms with Crippen LogP contribution >= 0.6 is 11.3 Å². The highest BCUT2D eigenvalue weighted by Crippen LogP contribution is 2.44. The van der Waals surface area contributed by atoms with Crippen molar-refractivity contribution in [2.75, 3.05) is 0 Å². The quantitative estimate of drug-likeness (QED) is 0.255. The van der Waals surface area contributed by atoms with Crippen molar-refractivity contribution < 1.29 is 0 Å². The molecular formula is C31H28S. The van der Waals surface area contributed by atoms with Crippen molar-refractivity contribution in [3.8, 4) is 22.3 Å². The summed E-state index contributed by atoms with van der Waals surface area (Å²) in [5.41, 5.74) is 11.4. The van der Waals surface area contributed by atoms with Gasteiger partial charge in [0, 0.05) is 20.2 Å². The largest absolute Gasteiger partial charge is 0.135 e. The third kappa shape index (κ3) is 3.19. The Morgan fingerprint density at radius 1 is 0.656 bits per heavy atom. The molecule has 1 heteroatoms. The van der Waals surface area contributed by atoms with E-state index >= 15 is 0 Å². The first-order valence-electron chi connectivity index (χ1n) is 11.9. The summed E-state index contributed by atoms with van der Waals surface area (Å²) >= 11 is 1.96. The fourth-order valence-electron chi connectivity index (χ4n) is 5.37. The predicted octanol–water partition coefficient (Wildman–Crippen LogP) is 9.20. The Kier molecular flexibility index (Phi) is 4.88. The van der Waals surface area contributed by atoms with Crippen LogP contribution in [0.4, 0.5) is 0 Å². The molecule has 5 aromatic rings. The molecule has 0 spiro atoms. The molecule has 0 nitrogen and oxygen atoms in total. The van der Waals surface area contributed by atoms with E-state index in [0.29, 0.717) is 0 Å². The molecular weight excluding hydrogens is 404 g/mol. The number of fused-ring (bicyclic) bond motifs is 6. The normalized spacial score (nSPS) is 12.4. The van der Waals surface area contributed by atoms with Gasteiger partial charge in [0.2, 0.25) is 0 Å². The molecule has 158 valence electrons. The van der Waals surface area contributed by atoms with E-state index in [-0.39, 0.29) is 0 Å². The maximum absolute atomic E-state index is 2.46. The van der Waals surface area contributed by atoms with Gasteiger partial charge < -0.3 is 0 Å². The minimum Gasteiger partial charge on any atom is -0.135 e. The first kappa shape index (κ1) is 19.8. The SMILES string of the molecule is CCCc1ccc2sc3c(-c4ccc5c(c4)-c4ccccc4C5)cc(CCC)cc3c2c1. The summed E-state index contributed by atoms with van der Waals surface area (Å²) < 4.78 is 2.83. The minimum absolute atomic E-state index is 1.06. The Balaban J connectivity index is 1.59. The van der Waals surface area contributed by atoms with Crippen LogP contribution in [0.5, 0.6) is 0 Å². The molecule has 32 heavy (non-hydrogen) atoms. The predicted molar refractivity (Wildman–Crippen MR) is 141 cm³/mol. The highest BCUT2D eigenvalue weighted by molar-refractivity contribution is 7.26. The molecule has 0 fully saturated rings. The van der Waals surface area contributed by atoms with E-state index < -0.39 is 0 Å². The van der Waals surface area contributed by atoms with E-state index in [1.54, 1.807) is 0 Å². The lowest BCUT2D eigenvalue weighted by Crippen LogP contribution is -1.88. The topological polar surface area (TPSA) is 0 Å². The zero-order valence-corrected chi connectivity index (χ0v) is 19.7. The number of aryl methyl sites for hydroxylation is 2. The third-order valence-electron chi connectivity index (χ3n) is 6.88. The van der Waals surface area contributed by atoms with Crippen LogP contribution in [0.15, 0.2) is 72.8 Å². The number of rotatable bonds is 5. The van der Waals surface area contributed by atoms with Gasteiger partial charge in [-0.15, -0.1) is 11.3 Å². The lowest BCUT2D eigenvalue weighted by Gasteiger charge is -2.10. The van der Waals surface area contributed by atoms with Gasteiger partial charge in [-0.2, -0.15) is 0 Å². The van der Waals surface area contributed by atoms with Gasteiger partial charge in [0.05, 0.1) is 0 Å². The fraction of sp³-hybridized carbons (Fsp3) is 0.226. The van der Waals surface area contributed by atoms with Crippen LogP contribution in [0.3, 0.4) is 0 Å². The zero-order chi connectivity index (χ0) is 21.7. The van der Waals surface area contributed by atoms with Crippen molar-refractivity contribution in [2.24, 2.45) is 0 Å². The van der Waals surface area contributed by atoms with Gasteiger partial charge in [-0.25, -0.2) is 0 Å². The summed E-state index contributed by atoms with van der Waals surface area (Å²) in [6.45, 7) is 4.54. The van der Waals surface area contributed by atoms with Gasteiger partial charge in [0.25, 0.3) is 0 Å². The maximum Gasteiger partial charge on any atom is 0.0434 e. The van der Waals surface area contributed by atoms with Crippen LogP contribution in [0, 0.1) is 0 Å². The molecule has 0 N–H and O–H groups in total. The third-order valence-corrected chi connectivity index (χ3v) is 8.10. The molecule has 1 aliphatic carbocycles. The van der Waals surface area contributed by atoms with Gasteiger partial charge in [-0.3, -0.25) is 0 Å². The Morgan fingerprint density at radius 3 is 2.31 bits per heavy atom. The molecule has 0 amide bonds. The summed E-state index contributed by atoms with van der Waals surface area (Å²) in [6.07, 6.45) is 5.70. The second kappa shape index (κ2) is 7.90. The first-order chi connectivity index (χ1) is 15.7. The standard InChI is InChI=1S/C31H28S/c1-3-7-20-11-14-30-28(15-20)29-17-21(8-4-2)16-27(31(29)32-30)24-13-12-23-18-22-9-5-6-10-25(22)26(23)19-24/h5-6,9-17,19H,3-4,7-8,18H2,1-2H3. The summed E-state index contributed by atoms with van der Waals surface area (Å²) in [5.74, 6) is 0. The van der Waals surface area contributed by atoms with Crippen LogP contribution < -0.4 is 0 Å². The molecule has 0 saturated carbocycles. The number of benzene rings is 4. The lowest BCUT2D eigenvalue weighted by atomic mass is 9.94. The first-order valence-corrected chi connectivity index (χ1v) is 12.8. The van der Waals surface area contributed by atoms with Gasteiger partial charge in [-0.05, 0) is 94.1 Å². The number of thiophene rings is 1. The van der Waals surface area contributed by atoms with Crippen molar-refractivity contribution in [3.63, 3.8) is 0 Å². The molecule has 4 aromatic carbocycles. The van der Waals surface area contributed by atoms with E-state index in [0.717, 1.165) is 19.3 Å². The van der Waals surface area contributed by atoms with Crippen LogP contribution in [-0.4, -0.2) is 0 Å². The monoisotopic (exact) mass is 432 g/mol. The van der Waals surface area contributed by atoms with Gasteiger partial charge in [-0.1, -0.05) is 69.2 Å². The second-order valence-electron chi connectivity index (χ2n) is 9.16.